The summed E-state index contributed by atoms with van der Waals surface area (Å²) in [5.74, 6) is -0.923. The predicted molar refractivity (Wildman–Crippen MR) is 68.1 cm³/mol. The van der Waals surface area contributed by atoms with Crippen molar-refractivity contribution in [1.29, 1.82) is 0 Å². The molecule has 102 valence electrons. The van der Waals surface area contributed by atoms with Crippen molar-refractivity contribution < 1.29 is 22.8 Å². The number of thiophene rings is 1. The number of hydrogen-bond donors (Lipinski definition) is 2. The Balaban J connectivity index is 2.34. The second-order valence-corrected chi connectivity index (χ2v) is 6.43. The molecule has 0 amide bonds. The fraction of sp³-hybridized carbons (Fsp3) is 0.200. The molecular formula is C10H10N2O5S2. The van der Waals surface area contributed by atoms with E-state index in [1.807, 2.05) is 0 Å². The average Bonchev–Trinajstić information content (AvgIpc) is 2.85. The Hall–Kier alpha value is -1.87. The van der Waals surface area contributed by atoms with Gasteiger partial charge in [-0.1, -0.05) is 5.16 Å². The van der Waals surface area contributed by atoms with Gasteiger partial charge < -0.3 is 9.63 Å². The van der Waals surface area contributed by atoms with E-state index in [1.54, 1.807) is 0 Å². The second-order valence-electron chi connectivity index (χ2n) is 3.73. The Labute approximate surface area is 112 Å². The van der Waals surface area contributed by atoms with Crippen LogP contribution in [-0.4, -0.2) is 24.7 Å². The molecule has 0 radical (unpaired) electrons. The van der Waals surface area contributed by atoms with Crippen LogP contribution in [0.15, 0.2) is 21.6 Å². The number of carbonyl (C=O) groups is 1. The molecule has 0 bridgehead atoms. The molecule has 0 atom stereocenters. The highest BCUT2D eigenvalue weighted by Crippen LogP contribution is 2.27. The predicted octanol–water partition coefficient (Wildman–Crippen LogP) is 1.85. The molecule has 19 heavy (non-hydrogen) atoms. The van der Waals surface area contributed by atoms with Crippen LogP contribution in [0.25, 0.3) is 0 Å². The van der Waals surface area contributed by atoms with E-state index in [2.05, 4.69) is 9.88 Å². The first-order valence-corrected chi connectivity index (χ1v) is 7.40. The molecule has 0 unspecified atom stereocenters. The number of aromatic carboxylic acids is 1. The molecule has 2 aromatic rings. The number of hydrogen-bond acceptors (Lipinski definition) is 6. The van der Waals surface area contributed by atoms with Gasteiger partial charge in [-0.05, 0) is 26.0 Å². The molecule has 0 fully saturated rings. The first-order chi connectivity index (χ1) is 8.81. The fourth-order valence-electron chi connectivity index (χ4n) is 1.55. The van der Waals surface area contributed by atoms with Gasteiger partial charge in [-0.2, -0.15) is 0 Å². The molecule has 0 saturated carbocycles. The van der Waals surface area contributed by atoms with Crippen LogP contribution in [0, 0.1) is 13.8 Å². The molecule has 9 heteroatoms. The van der Waals surface area contributed by atoms with E-state index >= 15 is 0 Å². The molecule has 0 aromatic carbocycles. The maximum atomic E-state index is 12.1. The van der Waals surface area contributed by atoms with Crippen molar-refractivity contribution in [2.45, 2.75) is 18.7 Å². The van der Waals surface area contributed by atoms with Gasteiger partial charge in [0.1, 0.15) is 15.6 Å². The molecule has 0 aliphatic carbocycles. The van der Waals surface area contributed by atoms with Crippen molar-refractivity contribution in [3.63, 3.8) is 0 Å². The molecule has 2 heterocycles. The number of sulfonamides is 1. The summed E-state index contributed by atoms with van der Waals surface area (Å²) in [5.41, 5.74) is 0.250. The summed E-state index contributed by atoms with van der Waals surface area (Å²) < 4.78 is 31.4. The summed E-state index contributed by atoms with van der Waals surface area (Å²) >= 11 is 0.836. The Morgan fingerprint density at radius 3 is 2.58 bits per heavy atom. The van der Waals surface area contributed by atoms with Gasteiger partial charge in [0.05, 0.1) is 0 Å². The van der Waals surface area contributed by atoms with Gasteiger partial charge in [0.25, 0.3) is 10.0 Å². The lowest BCUT2D eigenvalue weighted by atomic mass is 10.4. The molecule has 0 aliphatic heterocycles. The van der Waals surface area contributed by atoms with Crippen molar-refractivity contribution in [2.24, 2.45) is 0 Å². The largest absolute Gasteiger partial charge is 0.477 e. The Kier molecular flexibility index (Phi) is 3.33. The third-order valence-corrected chi connectivity index (χ3v) is 5.02. The number of carboxylic acid groups (broad SMARTS) is 1. The second kappa shape index (κ2) is 4.67. The molecule has 0 saturated heterocycles. The highest BCUT2D eigenvalue weighted by Gasteiger charge is 2.25. The summed E-state index contributed by atoms with van der Waals surface area (Å²) in [6.07, 6.45) is 0. The smallest absolute Gasteiger partial charge is 0.345 e. The molecule has 2 rings (SSSR count). The Morgan fingerprint density at radius 2 is 2.11 bits per heavy atom. The van der Waals surface area contributed by atoms with Gasteiger partial charge in [-0.25, -0.2) is 13.2 Å². The van der Waals surface area contributed by atoms with Crippen molar-refractivity contribution in [3.05, 3.63) is 28.5 Å². The highest BCUT2D eigenvalue weighted by atomic mass is 32.2. The van der Waals surface area contributed by atoms with E-state index in [1.165, 1.54) is 26.0 Å². The Morgan fingerprint density at radius 1 is 1.42 bits per heavy atom. The number of nitrogens with one attached hydrogen (secondary N) is 1. The van der Waals surface area contributed by atoms with Gasteiger partial charge in [0.15, 0.2) is 10.7 Å². The van der Waals surface area contributed by atoms with Crippen LogP contribution in [0.4, 0.5) is 5.00 Å². The molecule has 0 spiro atoms. The lowest BCUT2D eigenvalue weighted by Crippen LogP contribution is -2.13. The van der Waals surface area contributed by atoms with Crippen LogP contribution in [0.2, 0.25) is 0 Å². The minimum Gasteiger partial charge on any atom is -0.477 e. The van der Waals surface area contributed by atoms with Gasteiger partial charge in [-0.3, -0.25) is 4.72 Å². The zero-order chi connectivity index (χ0) is 14.2. The van der Waals surface area contributed by atoms with Crippen LogP contribution in [0.3, 0.4) is 0 Å². The topological polar surface area (TPSA) is 110 Å². The van der Waals surface area contributed by atoms with Crippen LogP contribution in [0.5, 0.6) is 0 Å². The lowest BCUT2D eigenvalue weighted by Gasteiger charge is -2.04. The van der Waals surface area contributed by atoms with Gasteiger partial charge >= 0.3 is 5.97 Å². The van der Waals surface area contributed by atoms with E-state index < -0.39 is 16.0 Å². The number of aromatic nitrogens is 1. The molecule has 0 aliphatic rings. The standard InChI is InChI=1S/C10H10N2O5S2/c1-5-9(6(2)17-11-5)19(15,16)12-8-4-3-7(18-8)10(13)14/h3-4,12H,1-2H3,(H,13,14). The van der Waals surface area contributed by atoms with Crippen molar-refractivity contribution in [1.82, 2.24) is 5.16 Å². The summed E-state index contributed by atoms with van der Waals surface area (Å²) in [5, 5.41) is 12.6. The number of rotatable bonds is 4. The van der Waals surface area contributed by atoms with E-state index in [9.17, 15) is 13.2 Å². The lowest BCUT2D eigenvalue weighted by molar-refractivity contribution is 0.0702. The number of carboxylic acids is 1. The summed E-state index contributed by atoms with van der Waals surface area (Å²) in [7, 11) is -3.83. The zero-order valence-electron chi connectivity index (χ0n) is 10.00. The number of anilines is 1. The SMILES string of the molecule is Cc1noc(C)c1S(=O)(=O)Nc1ccc(C(=O)O)s1. The highest BCUT2D eigenvalue weighted by molar-refractivity contribution is 7.93. The van der Waals surface area contributed by atoms with E-state index in [0.717, 1.165) is 11.3 Å². The Bertz CT molecular complexity index is 709. The van der Waals surface area contributed by atoms with E-state index in [-0.39, 0.29) is 26.2 Å². The van der Waals surface area contributed by atoms with Crippen molar-refractivity contribution in [3.8, 4) is 0 Å². The monoisotopic (exact) mass is 302 g/mol. The zero-order valence-corrected chi connectivity index (χ0v) is 11.6. The maximum absolute atomic E-state index is 12.1. The van der Waals surface area contributed by atoms with Gasteiger partial charge in [0.2, 0.25) is 0 Å². The quantitative estimate of drug-likeness (QED) is 0.892. The first-order valence-electron chi connectivity index (χ1n) is 5.10. The van der Waals surface area contributed by atoms with Gasteiger partial charge in [-0.15, -0.1) is 11.3 Å². The molecule has 7 nitrogen and oxygen atoms in total. The minimum atomic E-state index is -3.83. The van der Waals surface area contributed by atoms with Gasteiger partial charge in [0, 0.05) is 0 Å². The average molecular weight is 302 g/mol. The van der Waals surface area contributed by atoms with Crippen molar-refractivity contribution in [2.75, 3.05) is 4.72 Å². The fourth-order valence-corrected chi connectivity index (χ4v) is 3.92. The molecular weight excluding hydrogens is 292 g/mol. The van der Waals surface area contributed by atoms with Crippen LogP contribution in [-0.2, 0) is 10.0 Å². The van der Waals surface area contributed by atoms with E-state index in [4.69, 9.17) is 9.63 Å². The third kappa shape index (κ3) is 2.61. The summed E-state index contributed by atoms with van der Waals surface area (Å²) in [6, 6.07) is 2.72. The van der Waals surface area contributed by atoms with Crippen molar-refractivity contribution >= 4 is 32.3 Å². The van der Waals surface area contributed by atoms with Crippen LogP contribution in [0.1, 0.15) is 21.1 Å². The van der Waals surface area contributed by atoms with Crippen LogP contribution >= 0.6 is 11.3 Å². The normalized spacial score (nSPS) is 11.5. The summed E-state index contributed by atoms with van der Waals surface area (Å²) in [4.78, 5) is 10.7. The van der Waals surface area contributed by atoms with E-state index in [0.29, 0.717) is 0 Å². The maximum Gasteiger partial charge on any atom is 0.345 e. The third-order valence-electron chi connectivity index (χ3n) is 2.29. The first kappa shape index (κ1) is 13.6. The number of nitrogens with zero attached hydrogens (tertiary/aromatic N) is 1. The van der Waals surface area contributed by atoms with Crippen LogP contribution < -0.4 is 4.72 Å². The molecule has 2 aromatic heterocycles. The number of aryl methyl sites for hydroxylation is 2. The minimum absolute atomic E-state index is 0.0298. The summed E-state index contributed by atoms with van der Waals surface area (Å²) in [6.45, 7) is 3.01. The molecule has 2 N–H and O–H groups in total.